The molecule has 1 unspecified atom stereocenters. The third-order valence-corrected chi connectivity index (χ3v) is 1.86. The van der Waals surface area contributed by atoms with Crippen molar-refractivity contribution in [3.05, 3.63) is 34.0 Å². The van der Waals surface area contributed by atoms with Gasteiger partial charge in [0, 0.05) is 6.08 Å². The van der Waals surface area contributed by atoms with E-state index in [4.69, 9.17) is 0 Å². The molecule has 2 rings (SSSR count). The van der Waals surface area contributed by atoms with Gasteiger partial charge in [-0.3, -0.25) is 19.9 Å². The number of carbonyl (C=O) groups excluding carboxylic acids is 1. The van der Waals surface area contributed by atoms with Crippen LogP contribution < -0.4 is 0 Å². The molecule has 1 atom stereocenters. The second-order valence-electron chi connectivity index (χ2n) is 2.75. The van der Waals surface area contributed by atoms with E-state index in [1.165, 1.54) is 12.2 Å². The predicted molar refractivity (Wildman–Crippen MR) is 48.9 cm³/mol. The van der Waals surface area contributed by atoms with Crippen LogP contribution in [0, 0.1) is 10.1 Å². The molecule has 0 aromatic heterocycles. The number of hydrogen-bond acceptors (Lipinski definition) is 4. The summed E-state index contributed by atoms with van der Waals surface area (Å²) in [7, 11) is 0. The molecule has 0 aromatic rings. The largest absolute Gasteiger partial charge is 0.293 e. The smallest absolute Gasteiger partial charge is 0.273 e. The molecule has 0 spiro atoms. The fourth-order valence-electron chi connectivity index (χ4n) is 1.27. The van der Waals surface area contributed by atoms with Crippen molar-refractivity contribution in [1.82, 2.24) is 0 Å². The van der Waals surface area contributed by atoms with E-state index in [1.807, 2.05) is 0 Å². The molecule has 0 saturated heterocycles. The molecule has 70 valence electrons. The van der Waals surface area contributed by atoms with E-state index in [0.717, 1.165) is 6.21 Å². The minimum Gasteiger partial charge on any atom is -0.273 e. The van der Waals surface area contributed by atoms with Gasteiger partial charge in [-0.05, 0) is 0 Å². The molecule has 0 fully saturated rings. The van der Waals surface area contributed by atoms with Gasteiger partial charge in [-0.25, -0.2) is 4.99 Å². The van der Waals surface area contributed by atoms with Gasteiger partial charge in [0.05, 0.1) is 11.1 Å². The highest BCUT2D eigenvalue weighted by Gasteiger charge is 2.30. The van der Waals surface area contributed by atoms with Crippen LogP contribution in [0.1, 0.15) is 0 Å². The van der Waals surface area contributed by atoms with Crippen LogP contribution >= 0.6 is 0 Å². The Hall–Kier alpha value is -2.11. The van der Waals surface area contributed by atoms with Crippen molar-refractivity contribution in [3.63, 3.8) is 0 Å². The Bertz CT molecular complexity index is 431. The summed E-state index contributed by atoms with van der Waals surface area (Å²) < 4.78 is 0. The number of amides is 1. The monoisotopic (exact) mass is 191 g/mol. The zero-order valence-corrected chi connectivity index (χ0v) is 6.95. The first-order chi connectivity index (χ1) is 6.68. The molecule has 0 aromatic carbocycles. The summed E-state index contributed by atoms with van der Waals surface area (Å²) in [6.45, 7) is 0. The van der Waals surface area contributed by atoms with Crippen molar-refractivity contribution < 1.29 is 9.72 Å². The van der Waals surface area contributed by atoms with Gasteiger partial charge in [0.1, 0.15) is 6.04 Å². The summed E-state index contributed by atoms with van der Waals surface area (Å²) in [4.78, 5) is 28.3. The second kappa shape index (κ2) is 2.99. The maximum atomic E-state index is 10.9. The summed E-state index contributed by atoms with van der Waals surface area (Å²) in [6, 6.07) is -0.488. The number of fused-ring (bicyclic) bond motifs is 1. The lowest BCUT2D eigenvalue weighted by molar-refractivity contribution is -0.415. The molecule has 0 radical (unpaired) electrons. The Balaban J connectivity index is 2.46. The van der Waals surface area contributed by atoms with E-state index in [2.05, 4.69) is 9.98 Å². The first kappa shape index (κ1) is 8.49. The van der Waals surface area contributed by atoms with Crippen LogP contribution in [0.4, 0.5) is 0 Å². The summed E-state index contributed by atoms with van der Waals surface area (Å²) in [5.41, 5.74) is -0.0484. The topological polar surface area (TPSA) is 84.9 Å². The van der Waals surface area contributed by atoms with Crippen LogP contribution in [-0.2, 0) is 4.79 Å². The highest BCUT2D eigenvalue weighted by atomic mass is 16.6. The minimum absolute atomic E-state index is 0.116. The maximum absolute atomic E-state index is 10.9. The van der Waals surface area contributed by atoms with Gasteiger partial charge in [0.25, 0.3) is 11.6 Å². The predicted octanol–water partition coefficient (Wildman–Crippen LogP) is 0.137. The zero-order valence-electron chi connectivity index (χ0n) is 6.95. The van der Waals surface area contributed by atoms with Crippen molar-refractivity contribution in [2.24, 2.45) is 9.98 Å². The number of nitrogens with zero attached hydrogens (tertiary/aromatic N) is 3. The van der Waals surface area contributed by atoms with Crippen LogP contribution in [0.3, 0.4) is 0 Å². The van der Waals surface area contributed by atoms with Crippen LogP contribution in [0.5, 0.6) is 0 Å². The number of allylic oxidation sites excluding steroid dienone is 2. The van der Waals surface area contributed by atoms with Gasteiger partial charge in [0.2, 0.25) is 0 Å². The van der Waals surface area contributed by atoms with E-state index in [0.29, 0.717) is 0 Å². The van der Waals surface area contributed by atoms with E-state index >= 15 is 0 Å². The third-order valence-electron chi connectivity index (χ3n) is 1.86. The van der Waals surface area contributed by atoms with Crippen LogP contribution in [0.2, 0.25) is 0 Å². The standard InChI is InChI=1S/C8H5N3O3/c12-7-4-9-5-2-1-3-6(11(13)14)8(5)10-7/h1-5H. The second-order valence-corrected chi connectivity index (χ2v) is 2.75. The van der Waals surface area contributed by atoms with E-state index < -0.39 is 16.9 Å². The van der Waals surface area contributed by atoms with Gasteiger partial charge < -0.3 is 0 Å². The van der Waals surface area contributed by atoms with Crippen LogP contribution in [-0.4, -0.2) is 28.8 Å². The van der Waals surface area contributed by atoms with Crippen LogP contribution in [0.15, 0.2) is 33.9 Å². The Morgan fingerprint density at radius 2 is 2.29 bits per heavy atom. The SMILES string of the molecule is O=C1C=NC2C=CC=C([N+](=O)[O-])C2=N1. The summed E-state index contributed by atoms with van der Waals surface area (Å²) >= 11 is 0. The first-order valence-electron chi connectivity index (χ1n) is 3.87. The molecule has 1 amide bonds. The van der Waals surface area contributed by atoms with Crippen molar-refractivity contribution in [3.8, 4) is 0 Å². The molecule has 2 aliphatic rings. The maximum Gasteiger partial charge on any atom is 0.293 e. The van der Waals surface area contributed by atoms with Crippen LogP contribution in [0.25, 0.3) is 0 Å². The van der Waals surface area contributed by atoms with Gasteiger partial charge in [-0.2, -0.15) is 0 Å². The summed E-state index contributed by atoms with van der Waals surface area (Å²) in [5, 5.41) is 10.6. The molecular formula is C8H5N3O3. The molecule has 0 N–H and O–H groups in total. The number of rotatable bonds is 1. The fraction of sp³-hybridized carbons (Fsp3) is 0.125. The first-order valence-corrected chi connectivity index (χ1v) is 3.87. The molecule has 6 heteroatoms. The van der Waals surface area contributed by atoms with E-state index in [9.17, 15) is 14.9 Å². The molecular weight excluding hydrogens is 186 g/mol. The lowest BCUT2D eigenvalue weighted by Crippen LogP contribution is -2.29. The van der Waals surface area contributed by atoms with Gasteiger partial charge in [-0.15, -0.1) is 0 Å². The normalized spacial score (nSPS) is 24.0. The number of carbonyl (C=O) groups is 1. The number of nitro groups is 1. The number of aliphatic imine (C=N–C) groups is 2. The third kappa shape index (κ3) is 1.26. The lowest BCUT2D eigenvalue weighted by Gasteiger charge is -2.14. The Labute approximate surface area is 78.5 Å². The van der Waals surface area contributed by atoms with E-state index in [-0.39, 0.29) is 11.4 Å². The molecule has 1 aliphatic carbocycles. The summed E-state index contributed by atoms with van der Waals surface area (Å²) in [6.07, 6.45) is 5.56. The average Bonchev–Trinajstić information content (AvgIpc) is 2.16. The molecule has 0 saturated carbocycles. The van der Waals surface area contributed by atoms with Crippen molar-refractivity contribution >= 4 is 17.8 Å². The van der Waals surface area contributed by atoms with Crippen molar-refractivity contribution in [1.29, 1.82) is 0 Å². The van der Waals surface area contributed by atoms with Crippen molar-refractivity contribution in [2.75, 3.05) is 0 Å². The summed E-state index contributed by atoms with van der Waals surface area (Å²) in [5.74, 6) is -0.556. The Morgan fingerprint density at radius 1 is 1.50 bits per heavy atom. The van der Waals surface area contributed by atoms with Gasteiger partial charge in [-0.1, -0.05) is 12.2 Å². The van der Waals surface area contributed by atoms with Gasteiger partial charge in [0.15, 0.2) is 5.71 Å². The Kier molecular flexibility index (Phi) is 1.81. The average molecular weight is 191 g/mol. The molecule has 0 bridgehead atoms. The highest BCUT2D eigenvalue weighted by Crippen LogP contribution is 2.16. The van der Waals surface area contributed by atoms with E-state index in [1.54, 1.807) is 6.08 Å². The minimum atomic E-state index is -0.566. The zero-order chi connectivity index (χ0) is 10.1. The Morgan fingerprint density at radius 3 is 3.00 bits per heavy atom. The molecule has 14 heavy (non-hydrogen) atoms. The van der Waals surface area contributed by atoms with Gasteiger partial charge >= 0.3 is 0 Å². The number of hydrogen-bond donors (Lipinski definition) is 0. The molecule has 1 aliphatic heterocycles. The molecule has 1 heterocycles. The fourth-order valence-corrected chi connectivity index (χ4v) is 1.27. The highest BCUT2D eigenvalue weighted by molar-refractivity contribution is 6.33. The van der Waals surface area contributed by atoms with Crippen molar-refractivity contribution in [2.45, 2.75) is 6.04 Å². The molecule has 6 nitrogen and oxygen atoms in total. The lowest BCUT2D eigenvalue weighted by atomic mass is 10.0. The quantitative estimate of drug-likeness (QED) is 0.436.